The van der Waals surface area contributed by atoms with Crippen LogP contribution >= 0.6 is 23.6 Å². The summed E-state index contributed by atoms with van der Waals surface area (Å²) < 4.78 is 0.227. The number of hydrogen-bond donors (Lipinski definition) is 2. The Morgan fingerprint density at radius 3 is 2.75 bits per heavy atom. The first-order valence-corrected chi connectivity index (χ1v) is 5.68. The predicted molar refractivity (Wildman–Crippen MR) is 65.0 cm³/mol. The highest BCUT2D eigenvalue weighted by atomic mass is 32.1. The van der Waals surface area contributed by atoms with Crippen molar-refractivity contribution in [1.29, 1.82) is 5.26 Å². The van der Waals surface area contributed by atoms with E-state index in [-0.39, 0.29) is 10.3 Å². The van der Waals surface area contributed by atoms with Gasteiger partial charge in [0.15, 0.2) is 4.77 Å². The first-order chi connectivity index (χ1) is 7.61. The summed E-state index contributed by atoms with van der Waals surface area (Å²) in [4.78, 5) is 18.7. The third kappa shape index (κ3) is 1.83. The molecule has 0 bridgehead atoms. The number of aromatic amines is 2. The highest BCUT2D eigenvalue weighted by molar-refractivity contribution is 7.71. The van der Waals surface area contributed by atoms with E-state index in [0.717, 1.165) is 9.75 Å². The molecule has 2 aromatic heterocycles. The molecule has 0 aliphatic carbocycles. The van der Waals surface area contributed by atoms with Crippen LogP contribution in [0, 0.1) is 23.0 Å². The number of nitrogens with one attached hydrogen (secondary N) is 2. The molecule has 0 saturated carbocycles. The average Bonchev–Trinajstić information content (AvgIpc) is 2.63. The van der Waals surface area contributed by atoms with Gasteiger partial charge in [0.25, 0.3) is 5.56 Å². The Labute approximate surface area is 100 Å². The molecule has 16 heavy (non-hydrogen) atoms. The van der Waals surface area contributed by atoms with Crippen LogP contribution in [0.15, 0.2) is 16.9 Å². The van der Waals surface area contributed by atoms with Gasteiger partial charge < -0.3 is 4.98 Å². The van der Waals surface area contributed by atoms with Gasteiger partial charge in [0, 0.05) is 4.88 Å². The number of nitrogens with zero attached hydrogens (tertiary/aromatic N) is 1. The normalized spacial score (nSPS) is 10.0. The maximum absolute atomic E-state index is 11.5. The molecule has 0 atom stereocenters. The van der Waals surface area contributed by atoms with Gasteiger partial charge in [-0.2, -0.15) is 5.26 Å². The van der Waals surface area contributed by atoms with Crippen molar-refractivity contribution >= 4 is 23.6 Å². The SMILES string of the molecule is Cc1ccc(-c2[nH]c(=S)[nH]c(=O)c2C#N)s1. The molecule has 2 N–H and O–H groups in total. The molecule has 0 aliphatic heterocycles. The van der Waals surface area contributed by atoms with Crippen molar-refractivity contribution in [2.24, 2.45) is 0 Å². The minimum Gasteiger partial charge on any atom is -0.330 e. The number of H-pyrrole nitrogens is 2. The second kappa shape index (κ2) is 4.04. The van der Waals surface area contributed by atoms with Gasteiger partial charge in [-0.25, -0.2) is 0 Å². The van der Waals surface area contributed by atoms with E-state index in [1.165, 1.54) is 11.3 Å². The van der Waals surface area contributed by atoms with Crippen molar-refractivity contribution in [3.8, 4) is 16.6 Å². The largest absolute Gasteiger partial charge is 0.330 e. The van der Waals surface area contributed by atoms with Crippen LogP contribution in [0.25, 0.3) is 10.6 Å². The third-order valence-electron chi connectivity index (χ3n) is 2.04. The fraction of sp³-hybridized carbons (Fsp3) is 0.100. The molecule has 0 saturated heterocycles. The first-order valence-electron chi connectivity index (χ1n) is 4.45. The molecule has 2 rings (SSSR count). The summed E-state index contributed by atoms with van der Waals surface area (Å²) in [6, 6.07) is 5.68. The van der Waals surface area contributed by atoms with E-state index < -0.39 is 5.56 Å². The van der Waals surface area contributed by atoms with Crippen molar-refractivity contribution in [2.45, 2.75) is 6.92 Å². The monoisotopic (exact) mass is 249 g/mol. The minimum absolute atomic E-state index is 0.0652. The molecule has 0 aliphatic rings. The van der Waals surface area contributed by atoms with Crippen LogP contribution in [0.2, 0.25) is 0 Å². The number of aryl methyl sites for hydroxylation is 1. The van der Waals surface area contributed by atoms with Crippen LogP contribution < -0.4 is 5.56 Å². The molecule has 2 heterocycles. The predicted octanol–water partition coefficient (Wildman–Crippen LogP) is 2.34. The number of rotatable bonds is 1. The van der Waals surface area contributed by atoms with Crippen molar-refractivity contribution in [2.75, 3.05) is 0 Å². The molecule has 4 nitrogen and oxygen atoms in total. The van der Waals surface area contributed by atoms with E-state index in [1.807, 2.05) is 25.1 Å². The standard InChI is InChI=1S/C10H7N3OS2/c1-5-2-3-7(16-5)8-6(4-11)9(14)13-10(15)12-8/h2-3H,1H3,(H2,12,13,14,15). The highest BCUT2D eigenvalue weighted by Crippen LogP contribution is 2.26. The number of thiophene rings is 1. The fourth-order valence-electron chi connectivity index (χ4n) is 1.35. The molecule has 0 fully saturated rings. The molecule has 80 valence electrons. The Kier molecular flexibility index (Phi) is 2.73. The van der Waals surface area contributed by atoms with Crippen molar-refractivity contribution in [3.63, 3.8) is 0 Å². The van der Waals surface area contributed by atoms with Gasteiger partial charge in [0.1, 0.15) is 11.6 Å². The molecular weight excluding hydrogens is 242 g/mol. The van der Waals surface area contributed by atoms with Crippen LogP contribution in [0.5, 0.6) is 0 Å². The molecule has 0 spiro atoms. The zero-order valence-corrected chi connectivity index (χ0v) is 9.96. The van der Waals surface area contributed by atoms with Gasteiger partial charge in [-0.1, -0.05) is 0 Å². The summed E-state index contributed by atoms with van der Waals surface area (Å²) in [7, 11) is 0. The Morgan fingerprint density at radius 2 is 2.19 bits per heavy atom. The Balaban J connectivity index is 2.79. The quantitative estimate of drug-likeness (QED) is 0.762. The summed E-state index contributed by atoms with van der Waals surface area (Å²) in [5, 5.41) is 8.94. The fourth-order valence-corrected chi connectivity index (χ4v) is 2.42. The van der Waals surface area contributed by atoms with Crippen LogP contribution in [0.3, 0.4) is 0 Å². The van der Waals surface area contributed by atoms with Gasteiger partial charge in [0.2, 0.25) is 0 Å². The summed E-state index contributed by atoms with van der Waals surface area (Å²) in [5.41, 5.74) is 0.108. The summed E-state index contributed by atoms with van der Waals surface area (Å²) >= 11 is 6.39. The lowest BCUT2D eigenvalue weighted by Gasteiger charge is -1.99. The first kappa shape index (κ1) is 10.8. The second-order valence-electron chi connectivity index (χ2n) is 3.18. The number of aromatic nitrogens is 2. The number of nitriles is 1. The van der Waals surface area contributed by atoms with Gasteiger partial charge in [0.05, 0.1) is 10.6 Å². The Bertz CT molecular complexity index is 687. The zero-order valence-electron chi connectivity index (χ0n) is 8.33. The van der Waals surface area contributed by atoms with Crippen molar-refractivity contribution in [3.05, 3.63) is 37.7 Å². The Morgan fingerprint density at radius 1 is 1.44 bits per heavy atom. The topological polar surface area (TPSA) is 72.4 Å². The summed E-state index contributed by atoms with van der Waals surface area (Å²) in [6.45, 7) is 1.96. The zero-order chi connectivity index (χ0) is 11.7. The Hall–Kier alpha value is -1.71. The molecule has 2 aromatic rings. The van der Waals surface area contributed by atoms with Gasteiger partial charge in [-0.05, 0) is 31.3 Å². The highest BCUT2D eigenvalue weighted by Gasteiger charge is 2.11. The molecule has 6 heteroatoms. The van der Waals surface area contributed by atoms with E-state index >= 15 is 0 Å². The maximum Gasteiger partial charge on any atom is 0.270 e. The van der Waals surface area contributed by atoms with Crippen LogP contribution in [0.4, 0.5) is 0 Å². The van der Waals surface area contributed by atoms with Gasteiger partial charge >= 0.3 is 0 Å². The number of hydrogen-bond acceptors (Lipinski definition) is 4. The second-order valence-corrected chi connectivity index (χ2v) is 4.88. The summed E-state index contributed by atoms with van der Waals surface area (Å²) in [5.74, 6) is 0. The van der Waals surface area contributed by atoms with Crippen molar-refractivity contribution in [1.82, 2.24) is 9.97 Å². The maximum atomic E-state index is 11.5. The molecule has 0 amide bonds. The van der Waals surface area contributed by atoms with E-state index in [2.05, 4.69) is 9.97 Å². The van der Waals surface area contributed by atoms with E-state index in [9.17, 15) is 4.79 Å². The smallest absolute Gasteiger partial charge is 0.270 e. The molecule has 0 unspecified atom stereocenters. The third-order valence-corrected chi connectivity index (χ3v) is 3.26. The van der Waals surface area contributed by atoms with Crippen LogP contribution in [0.1, 0.15) is 10.4 Å². The van der Waals surface area contributed by atoms with E-state index in [0.29, 0.717) is 5.69 Å². The lowest BCUT2D eigenvalue weighted by Crippen LogP contribution is -2.13. The lowest BCUT2D eigenvalue weighted by molar-refractivity contribution is 1.08. The minimum atomic E-state index is -0.452. The average molecular weight is 249 g/mol. The van der Waals surface area contributed by atoms with Crippen LogP contribution in [-0.4, -0.2) is 9.97 Å². The molecule has 0 aromatic carbocycles. The lowest BCUT2D eigenvalue weighted by atomic mass is 10.2. The van der Waals surface area contributed by atoms with Crippen LogP contribution in [-0.2, 0) is 0 Å². The van der Waals surface area contributed by atoms with E-state index in [1.54, 1.807) is 0 Å². The van der Waals surface area contributed by atoms with Crippen molar-refractivity contribution < 1.29 is 0 Å². The van der Waals surface area contributed by atoms with E-state index in [4.69, 9.17) is 17.5 Å². The van der Waals surface area contributed by atoms with Gasteiger partial charge in [-0.15, -0.1) is 11.3 Å². The molecule has 0 radical (unpaired) electrons. The molecular formula is C10H7N3OS2. The summed E-state index contributed by atoms with van der Waals surface area (Å²) in [6.07, 6.45) is 0. The van der Waals surface area contributed by atoms with Gasteiger partial charge in [-0.3, -0.25) is 9.78 Å².